The smallest absolute Gasteiger partial charge is 0.251 e. The molecule has 1 saturated carbocycles. The second-order valence-electron chi connectivity index (χ2n) is 5.26. The Kier molecular flexibility index (Phi) is 3.90. The van der Waals surface area contributed by atoms with Crippen molar-refractivity contribution in [1.29, 1.82) is 0 Å². The number of aromatic hydroxyl groups is 1. The molecule has 1 aliphatic carbocycles. The van der Waals surface area contributed by atoms with E-state index in [2.05, 4.69) is 12.2 Å². The Morgan fingerprint density at radius 1 is 1.50 bits per heavy atom. The third kappa shape index (κ3) is 3.25. The molecule has 1 aliphatic rings. The molecule has 0 aromatic heterocycles. The fraction of sp³-hybridized carbons (Fsp3) is 0.533. The number of hydrogen-bond donors (Lipinski definition) is 2. The third-order valence-corrected chi connectivity index (χ3v) is 3.60. The Hall–Kier alpha value is -1.51. The fourth-order valence-electron chi connectivity index (χ4n) is 2.15. The van der Waals surface area contributed by atoms with E-state index in [0.29, 0.717) is 5.56 Å². The van der Waals surface area contributed by atoms with E-state index < -0.39 is 0 Å². The molecule has 98 valence electrons. The maximum atomic E-state index is 12.1. The van der Waals surface area contributed by atoms with Gasteiger partial charge < -0.3 is 10.4 Å². The number of phenolic OH excluding ortho intramolecular Hbond substituents is 1. The van der Waals surface area contributed by atoms with Crippen molar-refractivity contribution in [2.75, 3.05) is 0 Å². The van der Waals surface area contributed by atoms with Gasteiger partial charge in [-0.05, 0) is 49.4 Å². The van der Waals surface area contributed by atoms with E-state index in [0.717, 1.165) is 24.3 Å². The first-order chi connectivity index (χ1) is 8.60. The highest BCUT2D eigenvalue weighted by molar-refractivity contribution is 5.94. The summed E-state index contributed by atoms with van der Waals surface area (Å²) in [5.74, 6) is 1.01. The van der Waals surface area contributed by atoms with E-state index in [1.54, 1.807) is 25.1 Å². The van der Waals surface area contributed by atoms with E-state index in [-0.39, 0.29) is 17.7 Å². The second kappa shape index (κ2) is 5.42. The van der Waals surface area contributed by atoms with Crippen molar-refractivity contribution < 1.29 is 9.90 Å². The number of nitrogens with one attached hydrogen (secondary N) is 1. The number of benzene rings is 1. The van der Waals surface area contributed by atoms with Gasteiger partial charge in [-0.1, -0.05) is 19.8 Å². The van der Waals surface area contributed by atoms with Crippen LogP contribution in [0.5, 0.6) is 5.75 Å². The number of phenols is 1. The van der Waals surface area contributed by atoms with Crippen LogP contribution in [-0.2, 0) is 0 Å². The molecule has 3 nitrogen and oxygen atoms in total. The van der Waals surface area contributed by atoms with Gasteiger partial charge >= 0.3 is 0 Å². The lowest BCUT2D eigenvalue weighted by Gasteiger charge is -2.17. The van der Waals surface area contributed by atoms with Crippen LogP contribution in [0.25, 0.3) is 0 Å². The summed E-state index contributed by atoms with van der Waals surface area (Å²) in [5, 5.41) is 12.5. The summed E-state index contributed by atoms with van der Waals surface area (Å²) in [5.41, 5.74) is 1.36. The van der Waals surface area contributed by atoms with Gasteiger partial charge in [-0.25, -0.2) is 0 Å². The van der Waals surface area contributed by atoms with E-state index in [4.69, 9.17) is 0 Å². The standard InChI is InChI=1S/C15H21NO2/c1-3-13(9-11-4-5-11)16-15(18)12-6-7-14(17)10(2)8-12/h6-8,11,13,17H,3-5,9H2,1-2H3,(H,16,18). The van der Waals surface area contributed by atoms with Crippen LogP contribution in [-0.4, -0.2) is 17.1 Å². The van der Waals surface area contributed by atoms with E-state index in [1.807, 2.05) is 0 Å². The highest BCUT2D eigenvalue weighted by Crippen LogP contribution is 2.34. The van der Waals surface area contributed by atoms with E-state index in [9.17, 15) is 9.90 Å². The predicted molar refractivity (Wildman–Crippen MR) is 71.7 cm³/mol. The molecule has 1 amide bonds. The van der Waals surface area contributed by atoms with Crippen LogP contribution in [0.2, 0.25) is 0 Å². The zero-order chi connectivity index (χ0) is 13.1. The largest absolute Gasteiger partial charge is 0.508 e. The Morgan fingerprint density at radius 2 is 2.22 bits per heavy atom. The molecule has 3 heteroatoms. The second-order valence-corrected chi connectivity index (χ2v) is 5.26. The molecular weight excluding hydrogens is 226 g/mol. The van der Waals surface area contributed by atoms with Crippen LogP contribution in [0, 0.1) is 12.8 Å². The van der Waals surface area contributed by atoms with Crippen LogP contribution in [0.3, 0.4) is 0 Å². The zero-order valence-electron chi connectivity index (χ0n) is 11.1. The van der Waals surface area contributed by atoms with Crippen molar-refractivity contribution in [2.45, 2.75) is 45.6 Å². The van der Waals surface area contributed by atoms with Gasteiger partial charge in [0.15, 0.2) is 0 Å². The Bertz CT molecular complexity index is 438. The molecule has 1 unspecified atom stereocenters. The van der Waals surface area contributed by atoms with Crippen molar-refractivity contribution in [3.63, 3.8) is 0 Å². The lowest BCUT2D eigenvalue weighted by Crippen LogP contribution is -2.34. The first-order valence-corrected chi connectivity index (χ1v) is 6.70. The number of carbonyl (C=O) groups is 1. The highest BCUT2D eigenvalue weighted by Gasteiger charge is 2.25. The fourth-order valence-corrected chi connectivity index (χ4v) is 2.15. The molecular formula is C15H21NO2. The molecule has 0 aliphatic heterocycles. The monoisotopic (exact) mass is 247 g/mol. The molecule has 0 heterocycles. The molecule has 1 atom stereocenters. The molecule has 1 aromatic carbocycles. The first-order valence-electron chi connectivity index (χ1n) is 6.70. The maximum absolute atomic E-state index is 12.1. The van der Waals surface area contributed by atoms with Gasteiger partial charge in [0.1, 0.15) is 5.75 Å². The molecule has 1 fully saturated rings. The SMILES string of the molecule is CCC(CC1CC1)NC(=O)c1ccc(O)c(C)c1. The summed E-state index contributed by atoms with van der Waals surface area (Å²) < 4.78 is 0. The summed E-state index contributed by atoms with van der Waals surface area (Å²) in [7, 11) is 0. The summed E-state index contributed by atoms with van der Waals surface area (Å²) in [4.78, 5) is 12.1. The van der Waals surface area contributed by atoms with E-state index in [1.165, 1.54) is 12.8 Å². The molecule has 2 N–H and O–H groups in total. The van der Waals surface area contributed by atoms with Crippen LogP contribution >= 0.6 is 0 Å². The van der Waals surface area contributed by atoms with Crippen molar-refractivity contribution in [3.05, 3.63) is 29.3 Å². The third-order valence-electron chi connectivity index (χ3n) is 3.60. The average molecular weight is 247 g/mol. The maximum Gasteiger partial charge on any atom is 0.251 e. The highest BCUT2D eigenvalue weighted by atomic mass is 16.3. The normalized spacial score (nSPS) is 16.3. The summed E-state index contributed by atoms with van der Waals surface area (Å²) in [6.07, 6.45) is 4.69. The minimum atomic E-state index is -0.0365. The van der Waals surface area contributed by atoms with Crippen molar-refractivity contribution >= 4 is 5.91 Å². The van der Waals surface area contributed by atoms with Crippen LogP contribution in [0.1, 0.15) is 48.5 Å². The summed E-state index contributed by atoms with van der Waals surface area (Å²) in [6, 6.07) is 5.25. The van der Waals surface area contributed by atoms with Crippen LogP contribution < -0.4 is 5.32 Å². The average Bonchev–Trinajstić information content (AvgIpc) is 3.15. The van der Waals surface area contributed by atoms with Gasteiger partial charge in [0.05, 0.1) is 0 Å². The predicted octanol–water partition coefficient (Wildman–Crippen LogP) is 3.01. The number of carbonyl (C=O) groups excluding carboxylic acids is 1. The number of amides is 1. The molecule has 0 saturated heterocycles. The molecule has 0 radical (unpaired) electrons. The number of rotatable bonds is 5. The summed E-state index contributed by atoms with van der Waals surface area (Å²) >= 11 is 0. The first kappa shape index (κ1) is 12.9. The lowest BCUT2D eigenvalue weighted by molar-refractivity contribution is 0.0932. The molecule has 0 bridgehead atoms. The Balaban J connectivity index is 1.98. The Morgan fingerprint density at radius 3 is 2.78 bits per heavy atom. The number of aryl methyl sites for hydroxylation is 1. The van der Waals surface area contributed by atoms with Crippen molar-refractivity contribution in [2.24, 2.45) is 5.92 Å². The minimum absolute atomic E-state index is 0.0365. The van der Waals surface area contributed by atoms with Gasteiger partial charge in [0.2, 0.25) is 0 Å². The van der Waals surface area contributed by atoms with Gasteiger partial charge in [-0.3, -0.25) is 4.79 Å². The van der Waals surface area contributed by atoms with Crippen molar-refractivity contribution in [1.82, 2.24) is 5.32 Å². The molecule has 0 spiro atoms. The number of hydrogen-bond acceptors (Lipinski definition) is 2. The van der Waals surface area contributed by atoms with Gasteiger partial charge in [0.25, 0.3) is 5.91 Å². The molecule has 18 heavy (non-hydrogen) atoms. The van der Waals surface area contributed by atoms with Crippen LogP contribution in [0.15, 0.2) is 18.2 Å². The Labute approximate surface area is 108 Å². The molecule has 2 rings (SSSR count). The zero-order valence-corrected chi connectivity index (χ0v) is 11.1. The topological polar surface area (TPSA) is 49.3 Å². The lowest BCUT2D eigenvalue weighted by atomic mass is 10.1. The van der Waals surface area contributed by atoms with Crippen LogP contribution in [0.4, 0.5) is 0 Å². The van der Waals surface area contributed by atoms with E-state index >= 15 is 0 Å². The van der Waals surface area contributed by atoms with Gasteiger partial charge in [-0.2, -0.15) is 0 Å². The quantitative estimate of drug-likeness (QED) is 0.840. The minimum Gasteiger partial charge on any atom is -0.508 e. The summed E-state index contributed by atoms with van der Waals surface area (Å²) in [6.45, 7) is 3.91. The molecule has 1 aromatic rings. The van der Waals surface area contributed by atoms with Crippen molar-refractivity contribution in [3.8, 4) is 5.75 Å². The van der Waals surface area contributed by atoms with Gasteiger partial charge in [0, 0.05) is 11.6 Å². The van der Waals surface area contributed by atoms with Gasteiger partial charge in [-0.15, -0.1) is 0 Å².